The fraction of sp³-hybridized carbons (Fsp3) is 1.00. The van der Waals surface area contributed by atoms with E-state index in [4.69, 9.17) is 23.7 Å². The molecule has 0 saturated carbocycles. The van der Waals surface area contributed by atoms with Crippen LogP contribution < -0.4 is 0 Å². The Morgan fingerprint density at radius 3 is 2.26 bits per heavy atom. The summed E-state index contributed by atoms with van der Waals surface area (Å²) in [5.74, 6) is -1.33. The molecule has 3 rings (SSSR count). The van der Waals surface area contributed by atoms with Gasteiger partial charge in [0, 0.05) is 0 Å². The molecular formula is C13H22O6. The number of hydrogen-bond donors (Lipinski definition) is 1. The molecule has 5 atom stereocenters. The number of ether oxygens (including phenoxy) is 5. The standard InChI is InChI=1S/C13H22O6/c1-12(2)15-6-5-7(17-12)8-9-10(11(14)16-8)19-13(3,4)18-9/h7-11,14H,5-6H2,1-4H3/t7-,8-,9+,10+,11+/m1/s1. The van der Waals surface area contributed by atoms with Crippen molar-refractivity contribution in [1.29, 1.82) is 0 Å². The minimum atomic E-state index is -0.966. The summed E-state index contributed by atoms with van der Waals surface area (Å²) in [6, 6.07) is 0. The van der Waals surface area contributed by atoms with Crippen LogP contribution in [0.4, 0.5) is 0 Å². The van der Waals surface area contributed by atoms with Crippen LogP contribution in [-0.2, 0) is 23.7 Å². The predicted octanol–water partition coefficient (Wildman–Crippen LogP) is 0.765. The fourth-order valence-electron chi connectivity index (χ4n) is 3.02. The molecule has 3 saturated heterocycles. The maximum atomic E-state index is 9.95. The molecule has 0 aromatic heterocycles. The first-order chi connectivity index (χ1) is 8.77. The van der Waals surface area contributed by atoms with Gasteiger partial charge in [-0.05, 0) is 34.1 Å². The summed E-state index contributed by atoms with van der Waals surface area (Å²) in [7, 11) is 0. The van der Waals surface area contributed by atoms with Gasteiger partial charge in [0.2, 0.25) is 0 Å². The van der Waals surface area contributed by atoms with Gasteiger partial charge in [0.25, 0.3) is 0 Å². The SMILES string of the molecule is CC1(C)O[C@@H]2[C@H](O1)[C@@H](O)O[C@@H]2[C@H]1CCOC(C)(C)O1. The van der Waals surface area contributed by atoms with Gasteiger partial charge in [-0.15, -0.1) is 0 Å². The summed E-state index contributed by atoms with van der Waals surface area (Å²) in [5.41, 5.74) is 0. The molecule has 0 aromatic carbocycles. The van der Waals surface area contributed by atoms with Crippen molar-refractivity contribution in [3.05, 3.63) is 0 Å². The molecule has 0 aliphatic carbocycles. The van der Waals surface area contributed by atoms with Crippen LogP contribution in [0.25, 0.3) is 0 Å². The normalized spacial score (nSPS) is 48.2. The molecule has 0 aromatic rings. The van der Waals surface area contributed by atoms with Crippen LogP contribution in [0.15, 0.2) is 0 Å². The third-order valence-electron chi connectivity index (χ3n) is 3.72. The molecule has 0 amide bonds. The number of hydrogen-bond acceptors (Lipinski definition) is 6. The van der Waals surface area contributed by atoms with Crippen LogP contribution in [0.3, 0.4) is 0 Å². The third kappa shape index (κ3) is 2.53. The monoisotopic (exact) mass is 274 g/mol. The van der Waals surface area contributed by atoms with Crippen molar-refractivity contribution in [2.45, 2.75) is 76.4 Å². The van der Waals surface area contributed by atoms with E-state index in [9.17, 15) is 5.11 Å². The summed E-state index contributed by atoms with van der Waals surface area (Å²) in [4.78, 5) is 0. The Morgan fingerprint density at radius 1 is 0.895 bits per heavy atom. The van der Waals surface area contributed by atoms with Crippen LogP contribution >= 0.6 is 0 Å². The van der Waals surface area contributed by atoms with Crippen molar-refractivity contribution in [2.24, 2.45) is 0 Å². The highest BCUT2D eigenvalue weighted by atomic mass is 16.8. The Balaban J connectivity index is 1.75. The molecule has 3 aliphatic rings. The zero-order chi connectivity index (χ0) is 13.8. The Labute approximate surface area is 112 Å². The van der Waals surface area contributed by atoms with Crippen molar-refractivity contribution < 1.29 is 28.8 Å². The maximum absolute atomic E-state index is 9.95. The zero-order valence-electron chi connectivity index (χ0n) is 11.8. The van der Waals surface area contributed by atoms with Gasteiger partial charge in [0.1, 0.15) is 18.3 Å². The lowest BCUT2D eigenvalue weighted by Gasteiger charge is -2.39. The van der Waals surface area contributed by atoms with E-state index in [1.165, 1.54) is 0 Å². The maximum Gasteiger partial charge on any atom is 0.184 e. The molecule has 0 radical (unpaired) electrons. The summed E-state index contributed by atoms with van der Waals surface area (Å²) in [5, 5.41) is 9.95. The number of aliphatic hydroxyl groups excluding tert-OH is 1. The summed E-state index contributed by atoms with van der Waals surface area (Å²) >= 11 is 0. The lowest BCUT2D eigenvalue weighted by atomic mass is 10.0. The molecule has 6 heteroatoms. The third-order valence-corrected chi connectivity index (χ3v) is 3.72. The highest BCUT2D eigenvalue weighted by molar-refractivity contribution is 4.98. The Kier molecular flexibility index (Phi) is 3.16. The van der Waals surface area contributed by atoms with E-state index in [0.29, 0.717) is 13.0 Å². The molecular weight excluding hydrogens is 252 g/mol. The van der Waals surface area contributed by atoms with Crippen molar-refractivity contribution in [3.8, 4) is 0 Å². The van der Waals surface area contributed by atoms with Gasteiger partial charge in [-0.25, -0.2) is 0 Å². The van der Waals surface area contributed by atoms with E-state index in [1.54, 1.807) is 0 Å². The fourth-order valence-corrected chi connectivity index (χ4v) is 3.02. The first kappa shape index (κ1) is 13.7. The Bertz CT molecular complexity index is 355. The summed E-state index contributed by atoms with van der Waals surface area (Å²) in [6.45, 7) is 8.03. The lowest BCUT2D eigenvalue weighted by Crippen LogP contribution is -2.49. The highest BCUT2D eigenvalue weighted by Gasteiger charge is 2.57. The van der Waals surface area contributed by atoms with Crippen LogP contribution in [0, 0.1) is 0 Å². The van der Waals surface area contributed by atoms with Gasteiger partial charge in [-0.2, -0.15) is 0 Å². The minimum Gasteiger partial charge on any atom is -0.366 e. The summed E-state index contributed by atoms with van der Waals surface area (Å²) < 4.78 is 28.5. The number of aliphatic hydroxyl groups is 1. The van der Waals surface area contributed by atoms with Gasteiger partial charge in [0.15, 0.2) is 17.9 Å². The summed E-state index contributed by atoms with van der Waals surface area (Å²) in [6.07, 6.45) is -1.49. The molecule has 3 aliphatic heterocycles. The van der Waals surface area contributed by atoms with E-state index in [1.807, 2.05) is 27.7 Å². The average Bonchev–Trinajstić information content (AvgIpc) is 2.73. The van der Waals surface area contributed by atoms with Crippen LogP contribution in [0.1, 0.15) is 34.1 Å². The first-order valence-corrected chi connectivity index (χ1v) is 6.78. The van der Waals surface area contributed by atoms with Crippen molar-refractivity contribution in [2.75, 3.05) is 6.61 Å². The van der Waals surface area contributed by atoms with Crippen molar-refractivity contribution in [3.63, 3.8) is 0 Å². The largest absolute Gasteiger partial charge is 0.366 e. The molecule has 6 nitrogen and oxygen atoms in total. The van der Waals surface area contributed by atoms with Gasteiger partial charge in [0.05, 0.1) is 12.7 Å². The van der Waals surface area contributed by atoms with E-state index in [-0.39, 0.29) is 18.3 Å². The van der Waals surface area contributed by atoms with Crippen LogP contribution in [0.2, 0.25) is 0 Å². The van der Waals surface area contributed by atoms with Gasteiger partial charge >= 0.3 is 0 Å². The number of rotatable bonds is 1. The second-order valence-electron chi connectivity index (χ2n) is 6.25. The van der Waals surface area contributed by atoms with Crippen LogP contribution in [0.5, 0.6) is 0 Å². The van der Waals surface area contributed by atoms with Gasteiger partial charge in [-0.1, -0.05) is 0 Å². The lowest BCUT2D eigenvalue weighted by molar-refractivity contribution is -0.306. The molecule has 0 bridgehead atoms. The van der Waals surface area contributed by atoms with Gasteiger partial charge < -0.3 is 28.8 Å². The Hall–Kier alpha value is -0.240. The van der Waals surface area contributed by atoms with Crippen LogP contribution in [-0.4, -0.2) is 54.0 Å². The van der Waals surface area contributed by atoms with E-state index in [0.717, 1.165) is 0 Å². The topological polar surface area (TPSA) is 66.4 Å². The molecule has 0 spiro atoms. The predicted molar refractivity (Wildman–Crippen MR) is 64.2 cm³/mol. The van der Waals surface area contributed by atoms with Crippen molar-refractivity contribution in [1.82, 2.24) is 0 Å². The van der Waals surface area contributed by atoms with E-state index in [2.05, 4.69) is 0 Å². The van der Waals surface area contributed by atoms with Gasteiger partial charge in [-0.3, -0.25) is 0 Å². The average molecular weight is 274 g/mol. The number of fused-ring (bicyclic) bond motifs is 1. The zero-order valence-corrected chi connectivity index (χ0v) is 11.8. The second-order valence-corrected chi connectivity index (χ2v) is 6.25. The molecule has 3 fully saturated rings. The smallest absolute Gasteiger partial charge is 0.184 e. The Morgan fingerprint density at radius 2 is 1.58 bits per heavy atom. The molecule has 1 N–H and O–H groups in total. The molecule has 19 heavy (non-hydrogen) atoms. The molecule has 3 heterocycles. The second kappa shape index (κ2) is 4.38. The minimum absolute atomic E-state index is 0.161. The van der Waals surface area contributed by atoms with Crippen molar-refractivity contribution >= 4 is 0 Å². The first-order valence-electron chi connectivity index (χ1n) is 6.78. The van der Waals surface area contributed by atoms with E-state index >= 15 is 0 Å². The quantitative estimate of drug-likeness (QED) is 0.761. The highest BCUT2D eigenvalue weighted by Crippen LogP contribution is 2.41. The molecule has 110 valence electrons. The molecule has 0 unspecified atom stereocenters. The van der Waals surface area contributed by atoms with E-state index < -0.39 is 24.0 Å².